The van der Waals surface area contributed by atoms with E-state index in [2.05, 4.69) is 17.6 Å². The molecule has 0 radical (unpaired) electrons. The van der Waals surface area contributed by atoms with Gasteiger partial charge in [0.25, 0.3) is 0 Å². The van der Waals surface area contributed by atoms with Gasteiger partial charge in [0.2, 0.25) is 5.91 Å². The second-order valence-electron chi connectivity index (χ2n) is 5.55. The molecule has 5 nitrogen and oxygen atoms in total. The van der Waals surface area contributed by atoms with E-state index in [4.69, 9.17) is 0 Å². The number of hydrogen-bond acceptors (Lipinski definition) is 2. The summed E-state index contributed by atoms with van der Waals surface area (Å²) in [4.78, 5) is 25.3. The van der Waals surface area contributed by atoms with E-state index in [1.807, 2.05) is 18.7 Å². The number of amides is 3. The number of likely N-dealkylation sites (tertiary alicyclic amines) is 1. The molecule has 3 amide bonds. The number of nitrogens with one attached hydrogen (secondary N) is 2. The Bertz CT molecular complexity index is 307. The molecule has 110 valence electrons. The van der Waals surface area contributed by atoms with Crippen LogP contribution in [0.2, 0.25) is 0 Å². The number of urea groups is 1. The third-order valence-corrected chi connectivity index (χ3v) is 3.59. The maximum absolute atomic E-state index is 11.9. The lowest BCUT2D eigenvalue weighted by molar-refractivity contribution is -0.121. The van der Waals surface area contributed by atoms with Gasteiger partial charge in [-0.1, -0.05) is 13.8 Å². The highest BCUT2D eigenvalue weighted by molar-refractivity contribution is 5.78. The van der Waals surface area contributed by atoms with Crippen LogP contribution >= 0.6 is 0 Å². The van der Waals surface area contributed by atoms with Crippen LogP contribution in [0.25, 0.3) is 0 Å². The van der Waals surface area contributed by atoms with Crippen molar-refractivity contribution in [2.75, 3.05) is 19.6 Å². The summed E-state index contributed by atoms with van der Waals surface area (Å²) in [5.74, 6) is 0.579. The molecule has 0 aliphatic carbocycles. The molecule has 0 aromatic carbocycles. The van der Waals surface area contributed by atoms with Crippen LogP contribution in [0.3, 0.4) is 0 Å². The molecule has 5 heteroatoms. The summed E-state index contributed by atoms with van der Waals surface area (Å²) in [6.45, 7) is 8.24. The lowest BCUT2D eigenvalue weighted by Crippen LogP contribution is -2.46. The zero-order valence-corrected chi connectivity index (χ0v) is 12.4. The van der Waals surface area contributed by atoms with Crippen LogP contribution in [0.5, 0.6) is 0 Å². The van der Waals surface area contributed by atoms with Gasteiger partial charge < -0.3 is 15.5 Å². The van der Waals surface area contributed by atoms with Crippen LogP contribution in [-0.4, -0.2) is 42.5 Å². The second kappa shape index (κ2) is 8.02. The van der Waals surface area contributed by atoms with Crippen molar-refractivity contribution in [2.24, 2.45) is 5.92 Å². The van der Waals surface area contributed by atoms with E-state index in [1.54, 1.807) is 0 Å². The molecular formula is C14H27N3O2. The van der Waals surface area contributed by atoms with E-state index in [9.17, 15) is 9.59 Å². The second-order valence-corrected chi connectivity index (χ2v) is 5.55. The predicted molar refractivity (Wildman–Crippen MR) is 75.9 cm³/mol. The van der Waals surface area contributed by atoms with Gasteiger partial charge in [-0.05, 0) is 32.1 Å². The van der Waals surface area contributed by atoms with Crippen molar-refractivity contribution in [3.63, 3.8) is 0 Å². The Hall–Kier alpha value is -1.26. The molecule has 1 saturated heterocycles. The number of rotatable bonds is 5. The van der Waals surface area contributed by atoms with Crippen molar-refractivity contribution in [1.29, 1.82) is 0 Å². The molecule has 2 unspecified atom stereocenters. The summed E-state index contributed by atoms with van der Waals surface area (Å²) < 4.78 is 0. The summed E-state index contributed by atoms with van der Waals surface area (Å²) in [7, 11) is 0. The number of piperidine rings is 1. The van der Waals surface area contributed by atoms with E-state index < -0.39 is 0 Å². The van der Waals surface area contributed by atoms with E-state index in [0.29, 0.717) is 18.9 Å². The average molecular weight is 269 g/mol. The molecule has 1 aliphatic heterocycles. The van der Waals surface area contributed by atoms with Crippen molar-refractivity contribution < 1.29 is 9.59 Å². The standard InChI is InChI=1S/C14H27N3O2/c1-4-12(3)16-13(18)7-8-15-14(19)17-9-5-6-11(2)10-17/h11-12H,4-10H2,1-3H3,(H,15,19)(H,16,18). The van der Waals surface area contributed by atoms with Gasteiger partial charge in [-0.25, -0.2) is 4.79 Å². The topological polar surface area (TPSA) is 61.4 Å². The van der Waals surface area contributed by atoms with Crippen molar-refractivity contribution in [3.05, 3.63) is 0 Å². The first kappa shape index (κ1) is 15.8. The summed E-state index contributed by atoms with van der Waals surface area (Å²) >= 11 is 0. The minimum absolute atomic E-state index is 0.00154. The molecule has 1 heterocycles. The monoisotopic (exact) mass is 269 g/mol. The molecule has 2 N–H and O–H groups in total. The number of carbonyl (C=O) groups excluding carboxylic acids is 2. The van der Waals surface area contributed by atoms with Crippen LogP contribution in [-0.2, 0) is 4.79 Å². The first-order chi connectivity index (χ1) is 9.02. The van der Waals surface area contributed by atoms with Gasteiger partial charge in [-0.15, -0.1) is 0 Å². The lowest BCUT2D eigenvalue weighted by atomic mass is 10.0. The zero-order valence-electron chi connectivity index (χ0n) is 12.4. The predicted octanol–water partition coefficient (Wildman–Crippen LogP) is 1.73. The highest BCUT2D eigenvalue weighted by Gasteiger charge is 2.20. The molecule has 0 saturated carbocycles. The summed E-state index contributed by atoms with van der Waals surface area (Å²) in [6.07, 6.45) is 3.54. The Kier molecular flexibility index (Phi) is 6.67. The third-order valence-electron chi connectivity index (χ3n) is 3.59. The molecule has 0 aromatic heterocycles. The fourth-order valence-corrected chi connectivity index (χ4v) is 2.22. The van der Waals surface area contributed by atoms with Crippen LogP contribution in [0.15, 0.2) is 0 Å². The van der Waals surface area contributed by atoms with E-state index in [1.165, 1.54) is 6.42 Å². The maximum Gasteiger partial charge on any atom is 0.317 e. The first-order valence-corrected chi connectivity index (χ1v) is 7.35. The molecular weight excluding hydrogens is 242 g/mol. The molecule has 0 aromatic rings. The van der Waals surface area contributed by atoms with Crippen molar-refractivity contribution in [1.82, 2.24) is 15.5 Å². The Morgan fingerprint density at radius 3 is 2.79 bits per heavy atom. The smallest absolute Gasteiger partial charge is 0.317 e. The Balaban J connectivity index is 2.18. The molecule has 1 rings (SSSR count). The van der Waals surface area contributed by atoms with E-state index >= 15 is 0 Å². The van der Waals surface area contributed by atoms with Crippen LogP contribution in [0, 0.1) is 5.92 Å². The highest BCUT2D eigenvalue weighted by atomic mass is 16.2. The average Bonchev–Trinajstić information content (AvgIpc) is 2.38. The normalized spacial score (nSPS) is 20.8. The van der Waals surface area contributed by atoms with Gasteiger partial charge in [0.15, 0.2) is 0 Å². The molecule has 1 aliphatic rings. The number of carbonyl (C=O) groups is 2. The van der Waals surface area contributed by atoms with Gasteiger partial charge >= 0.3 is 6.03 Å². The highest BCUT2D eigenvalue weighted by Crippen LogP contribution is 2.15. The van der Waals surface area contributed by atoms with E-state index in [0.717, 1.165) is 25.9 Å². The lowest BCUT2D eigenvalue weighted by Gasteiger charge is -2.30. The largest absolute Gasteiger partial charge is 0.354 e. The maximum atomic E-state index is 11.9. The first-order valence-electron chi connectivity index (χ1n) is 7.35. The van der Waals surface area contributed by atoms with Crippen molar-refractivity contribution >= 4 is 11.9 Å². The third kappa shape index (κ3) is 5.94. The molecule has 0 spiro atoms. The molecule has 19 heavy (non-hydrogen) atoms. The summed E-state index contributed by atoms with van der Waals surface area (Å²) in [5, 5.41) is 5.71. The Labute approximate surface area is 116 Å². The summed E-state index contributed by atoms with van der Waals surface area (Å²) in [5.41, 5.74) is 0. The molecule has 2 atom stereocenters. The molecule has 1 fully saturated rings. The minimum Gasteiger partial charge on any atom is -0.354 e. The SMILES string of the molecule is CCC(C)NC(=O)CCNC(=O)N1CCCC(C)C1. The zero-order chi connectivity index (χ0) is 14.3. The van der Waals surface area contributed by atoms with Gasteiger partial charge in [0, 0.05) is 32.1 Å². The fraction of sp³-hybridized carbons (Fsp3) is 0.857. The summed E-state index contributed by atoms with van der Waals surface area (Å²) in [6, 6.07) is 0.161. The number of nitrogens with zero attached hydrogens (tertiary/aromatic N) is 1. The molecule has 0 bridgehead atoms. The van der Waals surface area contributed by atoms with Gasteiger partial charge in [-0.2, -0.15) is 0 Å². The number of hydrogen-bond donors (Lipinski definition) is 2. The minimum atomic E-state index is -0.0390. The van der Waals surface area contributed by atoms with Gasteiger partial charge in [-0.3, -0.25) is 4.79 Å². The Morgan fingerprint density at radius 2 is 2.16 bits per heavy atom. The quantitative estimate of drug-likeness (QED) is 0.798. The van der Waals surface area contributed by atoms with Crippen LogP contribution in [0.1, 0.15) is 46.5 Å². The van der Waals surface area contributed by atoms with Crippen molar-refractivity contribution in [3.8, 4) is 0 Å². The van der Waals surface area contributed by atoms with Gasteiger partial charge in [0.1, 0.15) is 0 Å². The fourth-order valence-electron chi connectivity index (χ4n) is 2.22. The van der Waals surface area contributed by atoms with E-state index in [-0.39, 0.29) is 18.0 Å². The van der Waals surface area contributed by atoms with Crippen molar-refractivity contribution in [2.45, 2.75) is 52.5 Å². The van der Waals surface area contributed by atoms with Crippen LogP contribution in [0.4, 0.5) is 4.79 Å². The van der Waals surface area contributed by atoms with Crippen LogP contribution < -0.4 is 10.6 Å². The Morgan fingerprint density at radius 1 is 1.42 bits per heavy atom. The van der Waals surface area contributed by atoms with Gasteiger partial charge in [0.05, 0.1) is 0 Å².